The standard InChI is InChI=1S/C9H13NO2/c1-3-4-5-7-6(2)8(11)10-9(7)12/h3-5H2,1-2H3,(H,10,11,12). The van der Waals surface area contributed by atoms with Crippen LogP contribution in [0.3, 0.4) is 0 Å². The number of amides is 2. The molecule has 3 nitrogen and oxygen atoms in total. The molecule has 1 rings (SSSR count). The van der Waals surface area contributed by atoms with Crippen LogP contribution in [0.5, 0.6) is 0 Å². The molecule has 0 unspecified atom stereocenters. The molecule has 12 heavy (non-hydrogen) atoms. The van der Waals surface area contributed by atoms with Gasteiger partial charge in [0.1, 0.15) is 0 Å². The molecule has 0 spiro atoms. The van der Waals surface area contributed by atoms with Crippen LogP contribution in [0.4, 0.5) is 0 Å². The Balaban J connectivity index is 2.71. The van der Waals surface area contributed by atoms with E-state index in [0.29, 0.717) is 11.1 Å². The van der Waals surface area contributed by atoms with Gasteiger partial charge in [-0.25, -0.2) is 0 Å². The lowest BCUT2D eigenvalue weighted by Crippen LogP contribution is -2.22. The van der Waals surface area contributed by atoms with E-state index in [2.05, 4.69) is 12.2 Å². The van der Waals surface area contributed by atoms with Gasteiger partial charge < -0.3 is 0 Å². The van der Waals surface area contributed by atoms with Crippen LogP contribution in [-0.2, 0) is 9.59 Å². The highest BCUT2D eigenvalue weighted by atomic mass is 16.2. The van der Waals surface area contributed by atoms with Gasteiger partial charge in [-0.1, -0.05) is 13.3 Å². The van der Waals surface area contributed by atoms with Crippen molar-refractivity contribution in [3.8, 4) is 0 Å². The van der Waals surface area contributed by atoms with Gasteiger partial charge in [0, 0.05) is 11.1 Å². The summed E-state index contributed by atoms with van der Waals surface area (Å²) in [5, 5.41) is 2.27. The summed E-state index contributed by atoms with van der Waals surface area (Å²) in [6.45, 7) is 3.76. The number of carbonyl (C=O) groups is 2. The minimum atomic E-state index is -0.230. The lowest BCUT2D eigenvalue weighted by Gasteiger charge is -1.97. The fraction of sp³-hybridized carbons (Fsp3) is 0.556. The second-order valence-corrected chi connectivity index (χ2v) is 2.99. The molecule has 0 saturated carbocycles. The topological polar surface area (TPSA) is 46.2 Å². The number of hydrogen-bond donors (Lipinski definition) is 1. The van der Waals surface area contributed by atoms with Gasteiger partial charge in [0.2, 0.25) is 0 Å². The second-order valence-electron chi connectivity index (χ2n) is 2.99. The van der Waals surface area contributed by atoms with Gasteiger partial charge in [0.15, 0.2) is 0 Å². The highest BCUT2D eigenvalue weighted by molar-refractivity contribution is 6.19. The Morgan fingerprint density at radius 3 is 2.33 bits per heavy atom. The summed E-state index contributed by atoms with van der Waals surface area (Å²) >= 11 is 0. The van der Waals surface area contributed by atoms with Crippen molar-refractivity contribution in [2.75, 3.05) is 0 Å². The Labute approximate surface area is 71.8 Å². The van der Waals surface area contributed by atoms with Crippen LogP contribution < -0.4 is 5.32 Å². The maximum atomic E-state index is 11.1. The maximum absolute atomic E-state index is 11.1. The molecule has 3 heteroatoms. The molecule has 0 radical (unpaired) electrons. The van der Waals surface area contributed by atoms with Crippen LogP contribution in [0.2, 0.25) is 0 Å². The minimum Gasteiger partial charge on any atom is -0.289 e. The number of unbranched alkanes of at least 4 members (excludes halogenated alkanes) is 1. The predicted molar refractivity (Wildman–Crippen MR) is 45.4 cm³/mol. The van der Waals surface area contributed by atoms with Gasteiger partial charge in [-0.2, -0.15) is 0 Å². The first-order valence-corrected chi connectivity index (χ1v) is 4.22. The van der Waals surface area contributed by atoms with E-state index in [4.69, 9.17) is 0 Å². The fourth-order valence-electron chi connectivity index (χ4n) is 1.23. The van der Waals surface area contributed by atoms with Crippen LogP contribution in [0.1, 0.15) is 33.1 Å². The summed E-state index contributed by atoms with van der Waals surface area (Å²) < 4.78 is 0. The molecular formula is C9H13NO2. The van der Waals surface area contributed by atoms with Crippen LogP contribution in [0.25, 0.3) is 0 Å². The molecule has 0 aliphatic carbocycles. The van der Waals surface area contributed by atoms with E-state index >= 15 is 0 Å². The van der Waals surface area contributed by atoms with Crippen molar-refractivity contribution >= 4 is 11.8 Å². The Morgan fingerprint density at radius 2 is 1.92 bits per heavy atom. The van der Waals surface area contributed by atoms with Gasteiger partial charge in [-0.3, -0.25) is 14.9 Å². The fourth-order valence-corrected chi connectivity index (χ4v) is 1.23. The molecule has 1 heterocycles. The van der Waals surface area contributed by atoms with Gasteiger partial charge in [-0.15, -0.1) is 0 Å². The van der Waals surface area contributed by atoms with Crippen LogP contribution >= 0.6 is 0 Å². The highest BCUT2D eigenvalue weighted by Gasteiger charge is 2.25. The van der Waals surface area contributed by atoms with Gasteiger partial charge >= 0.3 is 0 Å². The number of nitrogens with one attached hydrogen (secondary N) is 1. The summed E-state index contributed by atoms with van der Waals surface area (Å²) in [6.07, 6.45) is 2.73. The third-order valence-electron chi connectivity index (χ3n) is 2.07. The van der Waals surface area contributed by atoms with Crippen LogP contribution in [-0.4, -0.2) is 11.8 Å². The lowest BCUT2D eigenvalue weighted by atomic mass is 10.1. The molecular weight excluding hydrogens is 154 g/mol. The number of imide groups is 1. The molecule has 1 aliphatic rings. The van der Waals surface area contributed by atoms with E-state index in [-0.39, 0.29) is 11.8 Å². The van der Waals surface area contributed by atoms with E-state index in [9.17, 15) is 9.59 Å². The number of hydrogen-bond acceptors (Lipinski definition) is 2. The number of carbonyl (C=O) groups excluding carboxylic acids is 2. The molecule has 0 fully saturated rings. The first kappa shape index (κ1) is 8.97. The third-order valence-corrected chi connectivity index (χ3v) is 2.07. The summed E-state index contributed by atoms with van der Waals surface area (Å²) in [5.74, 6) is -0.433. The summed E-state index contributed by atoms with van der Waals surface area (Å²) in [4.78, 5) is 22.1. The Kier molecular flexibility index (Phi) is 2.63. The normalized spacial score (nSPS) is 17.2. The van der Waals surface area contributed by atoms with Crippen molar-refractivity contribution in [1.29, 1.82) is 0 Å². The minimum absolute atomic E-state index is 0.203. The van der Waals surface area contributed by atoms with E-state index in [1.165, 1.54) is 0 Å². The number of rotatable bonds is 3. The Morgan fingerprint density at radius 1 is 1.25 bits per heavy atom. The molecule has 66 valence electrons. The third kappa shape index (κ3) is 1.55. The van der Waals surface area contributed by atoms with Crippen molar-refractivity contribution < 1.29 is 9.59 Å². The summed E-state index contributed by atoms with van der Waals surface area (Å²) in [7, 11) is 0. The van der Waals surface area contributed by atoms with E-state index in [1.807, 2.05) is 0 Å². The Hall–Kier alpha value is -1.12. The Bertz CT molecular complexity index is 253. The van der Waals surface area contributed by atoms with E-state index in [1.54, 1.807) is 6.92 Å². The molecule has 0 aromatic rings. The maximum Gasteiger partial charge on any atom is 0.254 e. The zero-order valence-electron chi connectivity index (χ0n) is 7.44. The van der Waals surface area contributed by atoms with E-state index < -0.39 is 0 Å². The zero-order chi connectivity index (χ0) is 9.14. The predicted octanol–water partition coefficient (Wildman–Crippen LogP) is 1.15. The average Bonchev–Trinajstić information content (AvgIpc) is 2.25. The molecule has 2 amide bonds. The summed E-state index contributed by atoms with van der Waals surface area (Å²) in [6, 6.07) is 0. The van der Waals surface area contributed by atoms with Gasteiger partial charge in [0.25, 0.3) is 11.8 Å². The largest absolute Gasteiger partial charge is 0.289 e. The van der Waals surface area contributed by atoms with Gasteiger partial charge in [0.05, 0.1) is 0 Å². The van der Waals surface area contributed by atoms with Crippen molar-refractivity contribution in [2.24, 2.45) is 0 Å². The second kappa shape index (κ2) is 3.52. The van der Waals surface area contributed by atoms with Crippen molar-refractivity contribution in [3.63, 3.8) is 0 Å². The van der Waals surface area contributed by atoms with Crippen molar-refractivity contribution in [3.05, 3.63) is 11.1 Å². The van der Waals surface area contributed by atoms with Crippen molar-refractivity contribution in [2.45, 2.75) is 33.1 Å². The van der Waals surface area contributed by atoms with Gasteiger partial charge in [-0.05, 0) is 19.8 Å². The molecule has 0 saturated heterocycles. The van der Waals surface area contributed by atoms with Crippen LogP contribution in [0.15, 0.2) is 11.1 Å². The molecule has 0 aromatic heterocycles. The first-order valence-electron chi connectivity index (χ1n) is 4.22. The summed E-state index contributed by atoms with van der Waals surface area (Å²) in [5.41, 5.74) is 1.26. The lowest BCUT2D eigenvalue weighted by molar-refractivity contribution is -0.124. The monoisotopic (exact) mass is 167 g/mol. The first-order chi connectivity index (χ1) is 5.66. The quantitative estimate of drug-likeness (QED) is 0.641. The van der Waals surface area contributed by atoms with Crippen molar-refractivity contribution in [1.82, 2.24) is 5.32 Å². The molecule has 1 N–H and O–H groups in total. The highest BCUT2D eigenvalue weighted by Crippen LogP contribution is 2.17. The molecule has 1 aliphatic heterocycles. The van der Waals surface area contributed by atoms with E-state index in [0.717, 1.165) is 19.3 Å². The average molecular weight is 167 g/mol. The smallest absolute Gasteiger partial charge is 0.254 e. The zero-order valence-corrected chi connectivity index (χ0v) is 7.44. The SMILES string of the molecule is CCCCC1=C(C)C(=O)NC1=O. The molecule has 0 atom stereocenters. The van der Waals surface area contributed by atoms with Crippen LogP contribution in [0, 0.1) is 0 Å². The molecule has 0 aromatic carbocycles. The molecule has 0 bridgehead atoms.